The van der Waals surface area contributed by atoms with Gasteiger partial charge < -0.3 is 20.8 Å². The number of amides is 2. The van der Waals surface area contributed by atoms with Crippen molar-refractivity contribution in [3.63, 3.8) is 0 Å². The van der Waals surface area contributed by atoms with Gasteiger partial charge in [-0.1, -0.05) is 12.8 Å². The number of carboxylic acids is 1. The summed E-state index contributed by atoms with van der Waals surface area (Å²) in [5.74, 6) is -4.29. The van der Waals surface area contributed by atoms with Gasteiger partial charge in [0.25, 0.3) is 0 Å². The highest BCUT2D eigenvalue weighted by atomic mass is 16.4. The van der Waals surface area contributed by atoms with Crippen LogP contribution in [0.25, 0.3) is 0 Å². The number of aliphatic hydroxyl groups is 1. The average molecular weight is 312 g/mol. The van der Waals surface area contributed by atoms with E-state index in [0.29, 0.717) is 0 Å². The first kappa shape index (κ1) is 16.7. The molecule has 0 aromatic carbocycles. The van der Waals surface area contributed by atoms with Crippen LogP contribution >= 0.6 is 0 Å². The third-order valence-electron chi connectivity index (χ3n) is 4.89. The number of carboxylic acid groups (broad SMARTS) is 1. The van der Waals surface area contributed by atoms with Crippen LogP contribution in [0.2, 0.25) is 0 Å². The summed E-state index contributed by atoms with van der Waals surface area (Å²) in [4.78, 5) is 35.5. The van der Waals surface area contributed by atoms with Crippen LogP contribution in [-0.2, 0) is 14.4 Å². The van der Waals surface area contributed by atoms with Gasteiger partial charge in [0.05, 0.1) is 23.9 Å². The minimum Gasteiger partial charge on any atom is -0.481 e. The molecule has 2 amide bonds. The molecule has 2 aliphatic carbocycles. The minimum absolute atomic E-state index is 0.000602. The normalized spacial score (nSPS) is 32.5. The largest absolute Gasteiger partial charge is 0.481 e. The SMILES string of the molecule is CNC(=O)C1CC(O)C(C(=O)NC2CCCC2)CC1C(=O)O. The molecule has 2 fully saturated rings. The second-order valence-electron chi connectivity index (χ2n) is 6.30. The smallest absolute Gasteiger partial charge is 0.307 e. The van der Waals surface area contributed by atoms with E-state index in [1.807, 2.05) is 0 Å². The fraction of sp³-hybridized carbons (Fsp3) is 0.800. The zero-order valence-electron chi connectivity index (χ0n) is 12.7. The van der Waals surface area contributed by atoms with Gasteiger partial charge in [-0.15, -0.1) is 0 Å². The van der Waals surface area contributed by atoms with Crippen LogP contribution in [0, 0.1) is 17.8 Å². The Labute approximate surface area is 129 Å². The third-order valence-corrected chi connectivity index (χ3v) is 4.89. The molecule has 0 radical (unpaired) electrons. The van der Waals surface area contributed by atoms with Crippen LogP contribution < -0.4 is 10.6 Å². The third kappa shape index (κ3) is 3.58. The average Bonchev–Trinajstić information content (AvgIpc) is 2.98. The van der Waals surface area contributed by atoms with Crippen molar-refractivity contribution in [2.75, 3.05) is 7.05 Å². The monoisotopic (exact) mass is 312 g/mol. The van der Waals surface area contributed by atoms with Crippen LogP contribution in [0.1, 0.15) is 38.5 Å². The van der Waals surface area contributed by atoms with Gasteiger partial charge in [0.15, 0.2) is 0 Å². The first-order valence-electron chi connectivity index (χ1n) is 7.87. The van der Waals surface area contributed by atoms with Gasteiger partial charge in [0.1, 0.15) is 0 Å². The van der Waals surface area contributed by atoms with Gasteiger partial charge in [-0.05, 0) is 25.7 Å². The van der Waals surface area contributed by atoms with E-state index in [-0.39, 0.29) is 24.8 Å². The molecule has 4 atom stereocenters. The molecule has 0 aliphatic heterocycles. The zero-order valence-corrected chi connectivity index (χ0v) is 12.7. The number of carbonyl (C=O) groups is 3. The van der Waals surface area contributed by atoms with Crippen molar-refractivity contribution in [2.45, 2.75) is 50.7 Å². The van der Waals surface area contributed by atoms with Gasteiger partial charge in [-0.3, -0.25) is 14.4 Å². The molecular formula is C15H24N2O5. The molecule has 7 heteroatoms. The summed E-state index contributed by atoms with van der Waals surface area (Å²) in [6.07, 6.45) is 3.02. The summed E-state index contributed by atoms with van der Waals surface area (Å²) in [5, 5.41) is 24.9. The summed E-state index contributed by atoms with van der Waals surface area (Å²) in [7, 11) is 1.44. The molecule has 0 bridgehead atoms. The van der Waals surface area contributed by atoms with Gasteiger partial charge in [0, 0.05) is 13.1 Å². The van der Waals surface area contributed by atoms with E-state index in [9.17, 15) is 24.6 Å². The molecule has 0 aromatic rings. The van der Waals surface area contributed by atoms with Crippen LogP contribution in [0.15, 0.2) is 0 Å². The van der Waals surface area contributed by atoms with Crippen molar-refractivity contribution in [1.29, 1.82) is 0 Å². The minimum atomic E-state index is -1.10. The van der Waals surface area contributed by atoms with Crippen molar-refractivity contribution in [3.8, 4) is 0 Å². The second-order valence-corrected chi connectivity index (χ2v) is 6.30. The van der Waals surface area contributed by atoms with Gasteiger partial charge in [-0.25, -0.2) is 0 Å². The number of rotatable bonds is 4. The van der Waals surface area contributed by atoms with E-state index < -0.39 is 35.7 Å². The first-order valence-corrected chi connectivity index (χ1v) is 7.87. The molecule has 2 aliphatic rings. The molecule has 2 saturated carbocycles. The highest BCUT2D eigenvalue weighted by Crippen LogP contribution is 2.35. The highest BCUT2D eigenvalue weighted by molar-refractivity contribution is 5.87. The summed E-state index contributed by atoms with van der Waals surface area (Å²) in [6.45, 7) is 0. The molecule has 0 aromatic heterocycles. The van der Waals surface area contributed by atoms with Crippen molar-refractivity contribution >= 4 is 17.8 Å². The molecule has 0 heterocycles. The Morgan fingerprint density at radius 2 is 1.59 bits per heavy atom. The highest BCUT2D eigenvalue weighted by Gasteiger charge is 2.45. The number of hydrogen-bond donors (Lipinski definition) is 4. The van der Waals surface area contributed by atoms with Gasteiger partial charge >= 0.3 is 5.97 Å². The van der Waals surface area contributed by atoms with E-state index in [4.69, 9.17) is 0 Å². The topological polar surface area (TPSA) is 116 Å². The molecule has 124 valence electrons. The number of hydrogen-bond acceptors (Lipinski definition) is 4. The lowest BCUT2D eigenvalue weighted by Crippen LogP contribution is -2.50. The molecule has 0 saturated heterocycles. The summed E-state index contributed by atoms with van der Waals surface area (Å²) in [6, 6.07) is 0.125. The molecule has 4 N–H and O–H groups in total. The van der Waals surface area contributed by atoms with Crippen LogP contribution in [0.3, 0.4) is 0 Å². The maximum atomic E-state index is 12.3. The quantitative estimate of drug-likeness (QED) is 0.577. The Kier molecular flexibility index (Phi) is 5.39. The Morgan fingerprint density at radius 3 is 2.14 bits per heavy atom. The Morgan fingerprint density at radius 1 is 0.955 bits per heavy atom. The van der Waals surface area contributed by atoms with Crippen molar-refractivity contribution < 1.29 is 24.6 Å². The van der Waals surface area contributed by atoms with E-state index in [1.165, 1.54) is 7.05 Å². The number of aliphatic hydroxyl groups excluding tert-OH is 1. The van der Waals surface area contributed by atoms with Crippen LogP contribution in [0.4, 0.5) is 0 Å². The Bertz CT molecular complexity index is 447. The van der Waals surface area contributed by atoms with Gasteiger partial charge in [-0.2, -0.15) is 0 Å². The van der Waals surface area contributed by atoms with E-state index in [0.717, 1.165) is 25.7 Å². The maximum Gasteiger partial charge on any atom is 0.307 e. The first-order chi connectivity index (χ1) is 10.4. The molecule has 2 rings (SSSR count). The fourth-order valence-electron chi connectivity index (χ4n) is 3.59. The van der Waals surface area contributed by atoms with Crippen molar-refractivity contribution in [1.82, 2.24) is 10.6 Å². The Hall–Kier alpha value is -1.63. The lowest BCUT2D eigenvalue weighted by molar-refractivity contribution is -0.154. The van der Waals surface area contributed by atoms with Gasteiger partial charge in [0.2, 0.25) is 11.8 Å². The predicted octanol–water partition coefficient (Wildman–Crippen LogP) is -0.121. The summed E-state index contributed by atoms with van der Waals surface area (Å²) >= 11 is 0. The van der Waals surface area contributed by atoms with E-state index in [1.54, 1.807) is 0 Å². The maximum absolute atomic E-state index is 12.3. The fourth-order valence-corrected chi connectivity index (χ4v) is 3.59. The van der Waals surface area contributed by atoms with Crippen LogP contribution in [0.5, 0.6) is 0 Å². The molecule has 7 nitrogen and oxygen atoms in total. The predicted molar refractivity (Wildman–Crippen MR) is 77.8 cm³/mol. The molecule has 4 unspecified atom stereocenters. The molecular weight excluding hydrogens is 288 g/mol. The van der Waals surface area contributed by atoms with Crippen molar-refractivity contribution in [3.05, 3.63) is 0 Å². The number of aliphatic carboxylic acids is 1. The molecule has 0 spiro atoms. The summed E-state index contributed by atoms with van der Waals surface area (Å²) < 4.78 is 0. The number of nitrogens with one attached hydrogen (secondary N) is 2. The second kappa shape index (κ2) is 7.09. The van der Waals surface area contributed by atoms with E-state index in [2.05, 4.69) is 10.6 Å². The van der Waals surface area contributed by atoms with Crippen LogP contribution in [-0.4, -0.2) is 47.2 Å². The molecule has 22 heavy (non-hydrogen) atoms. The lowest BCUT2D eigenvalue weighted by Gasteiger charge is -2.36. The lowest BCUT2D eigenvalue weighted by atomic mass is 9.71. The van der Waals surface area contributed by atoms with Crippen molar-refractivity contribution in [2.24, 2.45) is 17.8 Å². The zero-order chi connectivity index (χ0) is 16.3. The number of carbonyl (C=O) groups excluding carboxylic acids is 2. The summed E-state index contributed by atoms with van der Waals surface area (Å²) in [5.41, 5.74) is 0. The standard InChI is InChI=1S/C15H24N2O5/c1-16-13(19)9-7-12(18)11(6-10(9)15(21)22)14(20)17-8-4-2-3-5-8/h8-12,18H,2-7H2,1H3,(H,16,19)(H,17,20)(H,21,22). The Balaban J connectivity index is 2.05. The van der Waals surface area contributed by atoms with E-state index >= 15 is 0 Å².